The summed E-state index contributed by atoms with van der Waals surface area (Å²) in [5.41, 5.74) is 3.60. The van der Waals surface area contributed by atoms with E-state index in [0.717, 1.165) is 5.82 Å². The van der Waals surface area contributed by atoms with Crippen molar-refractivity contribution in [3.8, 4) is 0 Å². The van der Waals surface area contributed by atoms with Crippen LogP contribution in [0.5, 0.6) is 0 Å². The number of imidazole rings is 3. The molecular formula is C48H59N13O8. The van der Waals surface area contributed by atoms with Gasteiger partial charge in [0.25, 0.3) is 17.7 Å². The molecule has 0 unspecified atom stereocenters. The topological polar surface area (TPSA) is 253 Å². The number of aromatic nitrogens is 9. The average molecular weight is 946 g/mol. The number of ketones is 4. The van der Waals surface area contributed by atoms with E-state index in [2.05, 4.69) is 36.2 Å². The first-order valence-corrected chi connectivity index (χ1v) is 22.6. The van der Waals surface area contributed by atoms with Crippen LogP contribution in [0.1, 0.15) is 127 Å². The maximum absolute atomic E-state index is 13.3. The van der Waals surface area contributed by atoms with Crippen molar-refractivity contribution in [2.45, 2.75) is 78.1 Å². The van der Waals surface area contributed by atoms with Crippen LogP contribution in [0.3, 0.4) is 0 Å². The van der Waals surface area contributed by atoms with E-state index in [4.69, 9.17) is 0 Å². The molecule has 0 aliphatic rings. The minimum atomic E-state index is -0.473. The van der Waals surface area contributed by atoms with E-state index in [0.29, 0.717) is 65.5 Å². The molecule has 0 aliphatic carbocycles. The third kappa shape index (κ3) is 13.1. The van der Waals surface area contributed by atoms with Crippen LogP contribution >= 0.6 is 0 Å². The van der Waals surface area contributed by atoms with Gasteiger partial charge >= 0.3 is 0 Å². The van der Waals surface area contributed by atoms with Gasteiger partial charge < -0.3 is 48.7 Å². The number of hydrogen-bond donors (Lipinski definition) is 4. The van der Waals surface area contributed by atoms with E-state index in [-0.39, 0.29) is 97.1 Å². The van der Waals surface area contributed by atoms with Gasteiger partial charge in [0, 0.05) is 112 Å². The third-order valence-electron chi connectivity index (χ3n) is 11.4. The van der Waals surface area contributed by atoms with E-state index in [1.165, 1.54) is 12.1 Å². The zero-order chi connectivity index (χ0) is 50.1. The second-order valence-electron chi connectivity index (χ2n) is 17.3. The number of rotatable bonds is 24. The zero-order valence-electron chi connectivity index (χ0n) is 40.3. The predicted octanol–water partition coefficient (Wildman–Crippen LogP) is 4.37. The Hall–Kier alpha value is -7.97. The van der Waals surface area contributed by atoms with Crippen LogP contribution in [0.15, 0.2) is 55.4 Å². The third-order valence-corrected chi connectivity index (χ3v) is 11.4. The van der Waals surface area contributed by atoms with Crippen LogP contribution in [-0.4, -0.2) is 95.7 Å². The molecule has 0 spiro atoms. The summed E-state index contributed by atoms with van der Waals surface area (Å²) in [5.74, 6) is -0.972. The summed E-state index contributed by atoms with van der Waals surface area (Å²) < 4.78 is 9.70. The van der Waals surface area contributed by atoms with Crippen LogP contribution in [-0.2, 0) is 75.9 Å². The Balaban J connectivity index is 0.914. The van der Waals surface area contributed by atoms with E-state index in [1.807, 2.05) is 31.7 Å². The maximum Gasteiger partial charge on any atom is 0.272 e. The Morgan fingerprint density at radius 1 is 0.478 bits per heavy atom. The molecule has 0 saturated carbocycles. The summed E-state index contributed by atoms with van der Waals surface area (Å²) in [7, 11) is 10.2. The number of carbonyl (C=O) groups is 8. The number of aryl methyl sites for hydroxylation is 7. The molecule has 6 aromatic heterocycles. The largest absolute Gasteiger partial charge is 0.351 e. The molecule has 69 heavy (non-hydrogen) atoms. The molecule has 0 aromatic carbocycles. The smallest absolute Gasteiger partial charge is 0.272 e. The summed E-state index contributed by atoms with van der Waals surface area (Å²) in [6, 6.07) is 4.63. The van der Waals surface area contributed by atoms with Crippen molar-refractivity contribution in [2.24, 2.45) is 42.3 Å². The van der Waals surface area contributed by atoms with Gasteiger partial charge in [0.1, 0.15) is 34.5 Å². The molecule has 6 rings (SSSR count). The second kappa shape index (κ2) is 22.2. The Labute approximate surface area is 398 Å². The molecule has 0 atom stereocenters. The molecule has 0 bridgehead atoms. The lowest BCUT2D eigenvalue weighted by molar-refractivity contribution is -0.119. The van der Waals surface area contributed by atoms with Gasteiger partial charge in [-0.05, 0) is 44.4 Å². The van der Waals surface area contributed by atoms with E-state index < -0.39 is 17.7 Å². The Morgan fingerprint density at radius 3 is 1.43 bits per heavy atom. The van der Waals surface area contributed by atoms with Crippen LogP contribution in [0.25, 0.3) is 0 Å². The molecule has 0 aliphatic heterocycles. The molecule has 4 N–H and O–H groups in total. The minimum absolute atomic E-state index is 0.000464. The van der Waals surface area contributed by atoms with Crippen LogP contribution < -0.4 is 21.3 Å². The molecule has 364 valence electrons. The van der Waals surface area contributed by atoms with E-state index in [1.54, 1.807) is 95.1 Å². The minimum Gasteiger partial charge on any atom is -0.351 e. The molecule has 0 radical (unpaired) electrons. The first kappa shape index (κ1) is 50.4. The Morgan fingerprint density at radius 2 is 0.928 bits per heavy atom. The molecular weight excluding hydrogens is 887 g/mol. The molecule has 4 amide bonds. The Bertz CT molecular complexity index is 2920. The van der Waals surface area contributed by atoms with Crippen molar-refractivity contribution in [2.75, 3.05) is 22.5 Å². The monoisotopic (exact) mass is 945 g/mol. The number of carbonyl (C=O) groups excluding carboxylic acids is 8. The van der Waals surface area contributed by atoms with Crippen LogP contribution in [0, 0.1) is 6.92 Å². The first-order valence-electron chi connectivity index (χ1n) is 22.6. The van der Waals surface area contributed by atoms with Crippen molar-refractivity contribution < 1.29 is 38.4 Å². The van der Waals surface area contributed by atoms with Crippen molar-refractivity contribution in [3.63, 3.8) is 0 Å². The highest BCUT2D eigenvalue weighted by Crippen LogP contribution is 2.21. The zero-order valence-corrected chi connectivity index (χ0v) is 40.3. The van der Waals surface area contributed by atoms with E-state index in [9.17, 15) is 38.4 Å². The van der Waals surface area contributed by atoms with Gasteiger partial charge in [-0.2, -0.15) is 0 Å². The van der Waals surface area contributed by atoms with Crippen molar-refractivity contribution in [1.82, 2.24) is 47.7 Å². The highest BCUT2D eigenvalue weighted by molar-refractivity contribution is 6.08. The second-order valence-corrected chi connectivity index (χ2v) is 17.3. The Kier molecular flexibility index (Phi) is 16.2. The summed E-state index contributed by atoms with van der Waals surface area (Å²) >= 11 is 0. The SMILES string of the molecule is CCCC(=O)Nc1cc(C(=O)Nc2cc(C(=O)Nc3cc(C(=O)NCCCC(=O)Cc4cn(C)c(C(=O)Cc5cn(C)c(C(=O)CCCC(=O)Cc6cn(C)c(C)n6)n5)n4)n(C)c3)n(C)c2)n(C)c1. The normalized spacial score (nSPS) is 11.1. The molecule has 6 aromatic rings. The van der Waals surface area contributed by atoms with Gasteiger partial charge in [-0.3, -0.25) is 38.4 Å². The van der Waals surface area contributed by atoms with Crippen molar-refractivity contribution in [3.05, 3.63) is 107 Å². The number of nitrogens with zero attached hydrogens (tertiary/aromatic N) is 9. The van der Waals surface area contributed by atoms with Crippen LogP contribution in [0.4, 0.5) is 17.1 Å². The van der Waals surface area contributed by atoms with Gasteiger partial charge in [-0.1, -0.05) is 6.92 Å². The van der Waals surface area contributed by atoms with Gasteiger partial charge in [0.2, 0.25) is 11.7 Å². The van der Waals surface area contributed by atoms with Gasteiger partial charge in [0.05, 0.1) is 53.4 Å². The number of Topliss-reactive ketones (excluding diaryl/α,β-unsaturated/α-hetero) is 4. The number of anilines is 3. The summed E-state index contributed by atoms with van der Waals surface area (Å²) in [4.78, 5) is 116. The van der Waals surface area contributed by atoms with Gasteiger partial charge in [-0.15, -0.1) is 0 Å². The lowest BCUT2D eigenvalue weighted by Gasteiger charge is -2.05. The standard InChI is InChI=1S/C48H59N13O8/c1-9-12-43(66)51-32-19-39(58(5)24-32)47(68)55-34-21-40(59(6)26-34)48(69)54-33-20-38(57(4)25-33)46(67)49-16-11-14-37(63)18-31-27-61(8)45(52-31)42(65)22-35-28-60(7)44(53-35)41(64)15-10-13-36(62)17-30-23-56(3)29(2)50-30/h19-21,23-28H,9-18,22H2,1-8H3,(H,49,67)(H,51,66)(H,54,69)(H,55,68). The molecule has 0 saturated heterocycles. The first-order chi connectivity index (χ1) is 32.8. The summed E-state index contributed by atoms with van der Waals surface area (Å²) in [5, 5.41) is 11.2. The summed E-state index contributed by atoms with van der Waals surface area (Å²) in [6.45, 7) is 3.97. The quantitative estimate of drug-likeness (QED) is 0.0490. The highest BCUT2D eigenvalue weighted by atomic mass is 16.2. The predicted molar refractivity (Wildman–Crippen MR) is 255 cm³/mol. The highest BCUT2D eigenvalue weighted by Gasteiger charge is 2.22. The van der Waals surface area contributed by atoms with Crippen LogP contribution in [0.2, 0.25) is 0 Å². The molecule has 6 heterocycles. The van der Waals surface area contributed by atoms with Crippen molar-refractivity contribution in [1.29, 1.82) is 0 Å². The van der Waals surface area contributed by atoms with E-state index >= 15 is 0 Å². The fourth-order valence-corrected chi connectivity index (χ4v) is 7.84. The fourth-order valence-electron chi connectivity index (χ4n) is 7.84. The molecule has 21 nitrogen and oxygen atoms in total. The number of hydrogen-bond acceptors (Lipinski definition) is 11. The maximum atomic E-state index is 13.3. The van der Waals surface area contributed by atoms with Gasteiger partial charge in [0.15, 0.2) is 17.4 Å². The number of nitrogens with one attached hydrogen (secondary N) is 4. The molecule has 0 fully saturated rings. The fraction of sp³-hybridized carbons (Fsp3) is 0.396. The average Bonchev–Trinajstić information content (AvgIpc) is 4.13. The van der Waals surface area contributed by atoms with Gasteiger partial charge in [-0.25, -0.2) is 15.0 Å². The number of amides is 4. The lowest BCUT2D eigenvalue weighted by Crippen LogP contribution is -2.26. The van der Waals surface area contributed by atoms with Crippen molar-refractivity contribution >= 4 is 63.8 Å². The lowest BCUT2D eigenvalue weighted by atomic mass is 10.1. The summed E-state index contributed by atoms with van der Waals surface area (Å²) in [6.07, 6.45) is 12.3. The molecule has 21 heteroatoms.